The molecular formula is C11H14BrNO2. The van der Waals surface area contributed by atoms with Crippen molar-refractivity contribution in [2.24, 2.45) is 0 Å². The van der Waals surface area contributed by atoms with Crippen LogP contribution in [-0.2, 0) is 16.0 Å². The largest absolute Gasteiger partial charge is 0.465 e. The lowest BCUT2D eigenvalue weighted by Crippen LogP contribution is -2.19. The van der Waals surface area contributed by atoms with E-state index in [0.29, 0.717) is 13.0 Å². The number of hydrogen-bond acceptors (Lipinski definition) is 3. The zero-order valence-corrected chi connectivity index (χ0v) is 10.5. The number of alkyl halides is 1. The van der Waals surface area contributed by atoms with E-state index in [2.05, 4.69) is 20.9 Å². The molecule has 0 aromatic carbocycles. The van der Waals surface area contributed by atoms with Gasteiger partial charge in [0.25, 0.3) is 0 Å². The van der Waals surface area contributed by atoms with Gasteiger partial charge in [-0.1, -0.05) is 22.0 Å². The quantitative estimate of drug-likeness (QED) is 0.623. The number of hydrogen-bond donors (Lipinski definition) is 0. The predicted molar refractivity (Wildman–Crippen MR) is 62.0 cm³/mol. The minimum absolute atomic E-state index is 0.223. The summed E-state index contributed by atoms with van der Waals surface area (Å²) in [5.41, 5.74) is 2.13. The molecule has 1 atom stereocenters. The molecule has 1 aromatic heterocycles. The molecule has 1 heterocycles. The Labute approximate surface area is 98.0 Å². The van der Waals surface area contributed by atoms with Crippen molar-refractivity contribution in [3.05, 3.63) is 29.6 Å². The highest BCUT2D eigenvalue weighted by Gasteiger charge is 2.16. The molecule has 0 saturated carbocycles. The maximum absolute atomic E-state index is 11.3. The number of ether oxygens (including phenoxy) is 1. The van der Waals surface area contributed by atoms with Gasteiger partial charge in [-0.05, 0) is 31.4 Å². The number of carbonyl (C=O) groups excluding carboxylic acids is 1. The van der Waals surface area contributed by atoms with E-state index in [0.717, 1.165) is 11.1 Å². The molecular weight excluding hydrogens is 258 g/mol. The smallest absolute Gasteiger partial charge is 0.320 e. The first-order valence-electron chi connectivity index (χ1n) is 4.84. The Morgan fingerprint density at radius 2 is 2.33 bits per heavy atom. The van der Waals surface area contributed by atoms with E-state index >= 15 is 0 Å². The second kappa shape index (κ2) is 5.85. The summed E-state index contributed by atoms with van der Waals surface area (Å²) >= 11 is 3.30. The van der Waals surface area contributed by atoms with E-state index < -0.39 is 0 Å². The van der Waals surface area contributed by atoms with E-state index in [9.17, 15) is 4.79 Å². The third-order valence-corrected chi connectivity index (χ3v) is 2.59. The van der Waals surface area contributed by atoms with Gasteiger partial charge in [-0.25, -0.2) is 0 Å². The van der Waals surface area contributed by atoms with Crippen molar-refractivity contribution in [1.82, 2.24) is 4.98 Å². The van der Waals surface area contributed by atoms with Gasteiger partial charge in [0.15, 0.2) is 0 Å². The third kappa shape index (κ3) is 4.00. The molecule has 0 amide bonds. The molecule has 0 bridgehead atoms. The molecule has 0 aliphatic rings. The number of halogens is 1. The van der Waals surface area contributed by atoms with Crippen molar-refractivity contribution in [3.8, 4) is 0 Å². The van der Waals surface area contributed by atoms with Crippen molar-refractivity contribution in [2.45, 2.75) is 25.1 Å². The van der Waals surface area contributed by atoms with Gasteiger partial charge < -0.3 is 4.74 Å². The fraction of sp³-hybridized carbons (Fsp3) is 0.455. The molecule has 1 unspecified atom stereocenters. The van der Waals surface area contributed by atoms with Crippen LogP contribution in [0.3, 0.4) is 0 Å². The third-order valence-electron chi connectivity index (χ3n) is 1.89. The van der Waals surface area contributed by atoms with E-state index in [4.69, 9.17) is 4.74 Å². The zero-order chi connectivity index (χ0) is 11.3. The van der Waals surface area contributed by atoms with Gasteiger partial charge >= 0.3 is 5.97 Å². The number of esters is 1. The second-order valence-electron chi connectivity index (χ2n) is 3.29. The maximum atomic E-state index is 11.3. The molecule has 0 N–H and O–H groups in total. The molecule has 0 spiro atoms. The molecule has 0 aliphatic heterocycles. The number of aryl methyl sites for hydroxylation is 1. The molecule has 0 radical (unpaired) electrons. The predicted octanol–water partition coefficient (Wildman–Crippen LogP) is 2.26. The fourth-order valence-corrected chi connectivity index (χ4v) is 1.76. The Morgan fingerprint density at radius 1 is 1.60 bits per heavy atom. The van der Waals surface area contributed by atoms with Crippen LogP contribution in [0.25, 0.3) is 0 Å². The first-order valence-corrected chi connectivity index (χ1v) is 5.76. The van der Waals surface area contributed by atoms with Gasteiger partial charge in [0.2, 0.25) is 0 Å². The van der Waals surface area contributed by atoms with Gasteiger partial charge in [-0.15, -0.1) is 0 Å². The van der Waals surface area contributed by atoms with Gasteiger partial charge in [0.1, 0.15) is 4.83 Å². The van der Waals surface area contributed by atoms with Crippen LogP contribution in [0.4, 0.5) is 0 Å². The SMILES string of the molecule is CCOC(=O)C(Br)Cc1cncc(C)c1. The van der Waals surface area contributed by atoms with Crippen molar-refractivity contribution in [2.75, 3.05) is 6.61 Å². The molecule has 4 heteroatoms. The molecule has 0 fully saturated rings. The number of nitrogens with zero attached hydrogens (tertiary/aromatic N) is 1. The number of pyridine rings is 1. The van der Waals surface area contributed by atoms with E-state index in [1.165, 1.54) is 0 Å². The summed E-state index contributed by atoms with van der Waals surface area (Å²) < 4.78 is 4.90. The fourth-order valence-electron chi connectivity index (χ4n) is 1.25. The van der Waals surface area contributed by atoms with Gasteiger partial charge in [-0.3, -0.25) is 9.78 Å². The van der Waals surface area contributed by atoms with Crippen LogP contribution in [0, 0.1) is 6.92 Å². The first-order chi connectivity index (χ1) is 7.13. The normalized spacial score (nSPS) is 12.2. The van der Waals surface area contributed by atoms with Crippen molar-refractivity contribution < 1.29 is 9.53 Å². The number of rotatable bonds is 4. The minimum atomic E-state index is -0.291. The van der Waals surface area contributed by atoms with Gasteiger partial charge in [0.05, 0.1) is 6.61 Å². The standard InChI is InChI=1S/C11H14BrNO2/c1-3-15-11(14)10(12)5-9-4-8(2)6-13-7-9/h4,6-7,10H,3,5H2,1-2H3. The van der Waals surface area contributed by atoms with Crippen molar-refractivity contribution in [3.63, 3.8) is 0 Å². The van der Waals surface area contributed by atoms with Crippen LogP contribution in [0.2, 0.25) is 0 Å². The zero-order valence-electron chi connectivity index (χ0n) is 8.87. The lowest BCUT2D eigenvalue weighted by Gasteiger charge is -2.08. The van der Waals surface area contributed by atoms with Crippen molar-refractivity contribution >= 4 is 21.9 Å². The van der Waals surface area contributed by atoms with E-state index in [-0.39, 0.29) is 10.8 Å². The molecule has 1 aromatic rings. The van der Waals surface area contributed by atoms with Crippen molar-refractivity contribution in [1.29, 1.82) is 0 Å². The lowest BCUT2D eigenvalue weighted by molar-refractivity contribution is -0.142. The minimum Gasteiger partial charge on any atom is -0.465 e. The molecule has 0 saturated heterocycles. The number of carbonyl (C=O) groups is 1. The highest BCUT2D eigenvalue weighted by molar-refractivity contribution is 9.10. The Kier molecular flexibility index (Phi) is 4.75. The topological polar surface area (TPSA) is 39.2 Å². The molecule has 82 valence electrons. The Morgan fingerprint density at radius 3 is 2.93 bits per heavy atom. The summed E-state index contributed by atoms with van der Waals surface area (Å²) in [4.78, 5) is 15.1. The Balaban J connectivity index is 2.58. The number of aromatic nitrogens is 1. The summed E-state index contributed by atoms with van der Waals surface area (Å²) in [6.07, 6.45) is 4.16. The first kappa shape index (κ1) is 12.2. The summed E-state index contributed by atoms with van der Waals surface area (Å²) in [6.45, 7) is 4.18. The van der Waals surface area contributed by atoms with Crippen LogP contribution in [-0.4, -0.2) is 22.4 Å². The van der Waals surface area contributed by atoms with Crippen LogP contribution in [0.1, 0.15) is 18.1 Å². The molecule has 0 aliphatic carbocycles. The molecule has 3 nitrogen and oxygen atoms in total. The van der Waals surface area contributed by atoms with Crippen LogP contribution in [0.15, 0.2) is 18.5 Å². The van der Waals surface area contributed by atoms with Gasteiger partial charge in [-0.2, -0.15) is 0 Å². The highest BCUT2D eigenvalue weighted by atomic mass is 79.9. The summed E-state index contributed by atoms with van der Waals surface area (Å²) in [5.74, 6) is -0.223. The second-order valence-corrected chi connectivity index (χ2v) is 4.40. The monoisotopic (exact) mass is 271 g/mol. The average molecular weight is 272 g/mol. The average Bonchev–Trinajstić information content (AvgIpc) is 2.18. The Hall–Kier alpha value is -0.900. The van der Waals surface area contributed by atoms with Gasteiger partial charge in [0, 0.05) is 12.4 Å². The van der Waals surface area contributed by atoms with Crippen LogP contribution in [0.5, 0.6) is 0 Å². The summed E-state index contributed by atoms with van der Waals surface area (Å²) in [6, 6.07) is 2.01. The summed E-state index contributed by atoms with van der Waals surface area (Å²) in [5, 5.41) is 0. The molecule has 1 rings (SSSR count). The lowest BCUT2D eigenvalue weighted by atomic mass is 10.1. The van der Waals surface area contributed by atoms with Crippen LogP contribution < -0.4 is 0 Å². The highest BCUT2D eigenvalue weighted by Crippen LogP contribution is 2.12. The summed E-state index contributed by atoms with van der Waals surface area (Å²) in [7, 11) is 0. The van der Waals surface area contributed by atoms with Crippen LogP contribution >= 0.6 is 15.9 Å². The molecule has 15 heavy (non-hydrogen) atoms. The van der Waals surface area contributed by atoms with E-state index in [1.54, 1.807) is 19.3 Å². The van der Waals surface area contributed by atoms with E-state index in [1.807, 2.05) is 13.0 Å². The maximum Gasteiger partial charge on any atom is 0.320 e. The Bertz CT molecular complexity index is 341.